The Morgan fingerprint density at radius 2 is 2.00 bits per heavy atom. The fraction of sp³-hybridized carbons (Fsp3) is 0.545. The third kappa shape index (κ3) is 3.30. The lowest BCUT2D eigenvalue weighted by Gasteiger charge is -2.14. The van der Waals surface area contributed by atoms with Crippen molar-refractivity contribution >= 4 is 17.5 Å². The van der Waals surface area contributed by atoms with Gasteiger partial charge in [0.05, 0.1) is 6.54 Å². The van der Waals surface area contributed by atoms with Gasteiger partial charge in [0.15, 0.2) is 0 Å². The summed E-state index contributed by atoms with van der Waals surface area (Å²) >= 11 is 0. The Labute approximate surface area is 101 Å². The monoisotopic (exact) mass is 237 g/mol. The molecule has 1 aromatic heterocycles. The maximum Gasteiger partial charge on any atom is 0.241 e. The summed E-state index contributed by atoms with van der Waals surface area (Å²) < 4.78 is 0. The minimum Gasteiger partial charge on any atom is -0.373 e. The van der Waals surface area contributed by atoms with Crippen LogP contribution in [0, 0.1) is 0 Å². The number of carbonyl (C=O) groups excluding carboxylic acids is 1. The summed E-state index contributed by atoms with van der Waals surface area (Å²) in [4.78, 5) is 21.3. The van der Waals surface area contributed by atoms with Crippen molar-refractivity contribution in [1.82, 2.24) is 14.9 Å². The molecule has 0 radical (unpaired) electrons. The summed E-state index contributed by atoms with van der Waals surface area (Å²) in [5, 5.41) is 6.05. The quantitative estimate of drug-likeness (QED) is 0.784. The minimum absolute atomic E-state index is 0.0108. The van der Waals surface area contributed by atoms with Gasteiger partial charge >= 0.3 is 0 Å². The van der Waals surface area contributed by atoms with Crippen LogP contribution in [-0.2, 0) is 11.2 Å². The van der Waals surface area contributed by atoms with Crippen molar-refractivity contribution in [2.45, 2.75) is 13.3 Å². The molecular weight excluding hydrogens is 218 g/mol. The molecule has 0 saturated heterocycles. The van der Waals surface area contributed by atoms with Gasteiger partial charge < -0.3 is 15.5 Å². The van der Waals surface area contributed by atoms with Crippen molar-refractivity contribution in [3.8, 4) is 0 Å². The van der Waals surface area contributed by atoms with Crippen LogP contribution in [0.2, 0.25) is 0 Å². The van der Waals surface area contributed by atoms with Crippen LogP contribution in [0.15, 0.2) is 6.33 Å². The standard InChI is InChI=1S/C11H19N5O/c1-5-8-10(12-2)14-7-15-11(8)13-6-9(17)16(3)4/h7H,5-6H2,1-4H3,(H2,12,13,14,15). The Kier molecular flexibility index (Phi) is 4.68. The highest BCUT2D eigenvalue weighted by molar-refractivity contribution is 5.80. The normalized spacial score (nSPS) is 9.88. The van der Waals surface area contributed by atoms with Gasteiger partial charge in [-0.25, -0.2) is 9.97 Å². The van der Waals surface area contributed by atoms with Gasteiger partial charge in [-0.1, -0.05) is 6.92 Å². The average molecular weight is 237 g/mol. The van der Waals surface area contributed by atoms with E-state index < -0.39 is 0 Å². The molecule has 1 heterocycles. The zero-order chi connectivity index (χ0) is 12.8. The second-order valence-electron chi connectivity index (χ2n) is 3.79. The molecule has 1 aromatic rings. The molecule has 17 heavy (non-hydrogen) atoms. The summed E-state index contributed by atoms with van der Waals surface area (Å²) in [6, 6.07) is 0. The number of anilines is 2. The van der Waals surface area contributed by atoms with E-state index in [-0.39, 0.29) is 12.5 Å². The van der Waals surface area contributed by atoms with Gasteiger partial charge in [0.25, 0.3) is 0 Å². The molecule has 6 heteroatoms. The average Bonchev–Trinajstić information content (AvgIpc) is 2.34. The maximum absolute atomic E-state index is 11.5. The summed E-state index contributed by atoms with van der Waals surface area (Å²) in [7, 11) is 5.27. The summed E-state index contributed by atoms with van der Waals surface area (Å²) in [5.74, 6) is 1.51. The molecule has 0 aliphatic heterocycles. The van der Waals surface area contributed by atoms with E-state index in [1.807, 2.05) is 14.0 Å². The lowest BCUT2D eigenvalue weighted by Crippen LogP contribution is -2.29. The molecule has 0 saturated carbocycles. The number of hydrogen-bond acceptors (Lipinski definition) is 5. The third-order valence-corrected chi connectivity index (χ3v) is 2.44. The molecule has 0 aliphatic rings. The molecule has 0 fully saturated rings. The molecule has 0 spiro atoms. The first-order valence-corrected chi connectivity index (χ1v) is 5.55. The Hall–Kier alpha value is -1.85. The smallest absolute Gasteiger partial charge is 0.241 e. The molecule has 0 aromatic carbocycles. The molecule has 1 rings (SSSR count). The van der Waals surface area contributed by atoms with Crippen LogP contribution in [0.25, 0.3) is 0 Å². The number of amides is 1. The number of nitrogens with one attached hydrogen (secondary N) is 2. The minimum atomic E-state index is 0.0108. The Balaban J connectivity index is 2.80. The van der Waals surface area contributed by atoms with Crippen LogP contribution < -0.4 is 10.6 Å². The van der Waals surface area contributed by atoms with Crippen molar-refractivity contribution in [2.75, 3.05) is 38.3 Å². The van der Waals surface area contributed by atoms with Crippen LogP contribution in [0.1, 0.15) is 12.5 Å². The van der Waals surface area contributed by atoms with E-state index in [0.29, 0.717) is 5.82 Å². The zero-order valence-corrected chi connectivity index (χ0v) is 10.7. The van der Waals surface area contributed by atoms with Crippen LogP contribution in [0.3, 0.4) is 0 Å². The first kappa shape index (κ1) is 13.2. The van der Waals surface area contributed by atoms with Crippen LogP contribution in [-0.4, -0.2) is 48.5 Å². The van der Waals surface area contributed by atoms with Gasteiger partial charge in [-0.3, -0.25) is 4.79 Å². The summed E-state index contributed by atoms with van der Waals surface area (Å²) in [5.41, 5.74) is 0.988. The highest BCUT2D eigenvalue weighted by Gasteiger charge is 2.10. The predicted octanol–water partition coefficient (Wildman–Crippen LogP) is 0.581. The third-order valence-electron chi connectivity index (χ3n) is 2.44. The number of likely N-dealkylation sites (N-methyl/N-ethyl adjacent to an activating group) is 1. The Morgan fingerprint density at radius 1 is 1.35 bits per heavy atom. The molecule has 2 N–H and O–H groups in total. The van der Waals surface area contributed by atoms with Gasteiger partial charge in [0.2, 0.25) is 5.91 Å². The first-order valence-electron chi connectivity index (χ1n) is 5.55. The molecular formula is C11H19N5O. The molecule has 0 atom stereocenters. The fourth-order valence-corrected chi connectivity index (χ4v) is 1.43. The summed E-state index contributed by atoms with van der Waals surface area (Å²) in [6.45, 7) is 2.26. The second kappa shape index (κ2) is 6.03. The number of hydrogen-bond donors (Lipinski definition) is 2. The van der Waals surface area contributed by atoms with Gasteiger partial charge in [-0.2, -0.15) is 0 Å². The Morgan fingerprint density at radius 3 is 2.53 bits per heavy atom. The van der Waals surface area contributed by atoms with Crippen molar-refractivity contribution < 1.29 is 4.79 Å². The molecule has 1 amide bonds. The van der Waals surface area contributed by atoms with Crippen molar-refractivity contribution in [3.63, 3.8) is 0 Å². The lowest BCUT2D eigenvalue weighted by molar-refractivity contribution is -0.126. The SMILES string of the molecule is CCc1c(NC)ncnc1NCC(=O)N(C)C. The van der Waals surface area contributed by atoms with E-state index in [1.165, 1.54) is 6.33 Å². The number of aromatic nitrogens is 2. The molecule has 6 nitrogen and oxygen atoms in total. The molecule has 0 unspecified atom stereocenters. The van der Waals surface area contributed by atoms with E-state index in [2.05, 4.69) is 20.6 Å². The zero-order valence-electron chi connectivity index (χ0n) is 10.7. The van der Waals surface area contributed by atoms with Gasteiger partial charge in [-0.05, 0) is 6.42 Å². The maximum atomic E-state index is 11.5. The first-order chi connectivity index (χ1) is 8.10. The van der Waals surface area contributed by atoms with Gasteiger partial charge in [0, 0.05) is 26.7 Å². The predicted molar refractivity (Wildman–Crippen MR) is 68.1 cm³/mol. The van der Waals surface area contributed by atoms with Crippen molar-refractivity contribution in [3.05, 3.63) is 11.9 Å². The van der Waals surface area contributed by atoms with E-state index in [9.17, 15) is 4.79 Å². The lowest BCUT2D eigenvalue weighted by atomic mass is 10.2. The van der Waals surface area contributed by atoms with Crippen LogP contribution in [0.4, 0.5) is 11.6 Å². The molecule has 94 valence electrons. The largest absolute Gasteiger partial charge is 0.373 e. The number of nitrogens with zero attached hydrogens (tertiary/aromatic N) is 3. The number of carbonyl (C=O) groups is 1. The van der Waals surface area contributed by atoms with E-state index in [1.54, 1.807) is 19.0 Å². The van der Waals surface area contributed by atoms with Crippen LogP contribution >= 0.6 is 0 Å². The van der Waals surface area contributed by atoms with Crippen molar-refractivity contribution in [2.24, 2.45) is 0 Å². The second-order valence-corrected chi connectivity index (χ2v) is 3.79. The van der Waals surface area contributed by atoms with E-state index >= 15 is 0 Å². The van der Waals surface area contributed by atoms with Gasteiger partial charge in [0.1, 0.15) is 18.0 Å². The highest BCUT2D eigenvalue weighted by atomic mass is 16.2. The van der Waals surface area contributed by atoms with E-state index in [4.69, 9.17) is 0 Å². The van der Waals surface area contributed by atoms with E-state index in [0.717, 1.165) is 17.8 Å². The van der Waals surface area contributed by atoms with Crippen molar-refractivity contribution in [1.29, 1.82) is 0 Å². The van der Waals surface area contributed by atoms with Crippen LogP contribution in [0.5, 0.6) is 0 Å². The summed E-state index contributed by atoms with van der Waals surface area (Å²) in [6.07, 6.45) is 2.28. The number of rotatable bonds is 5. The topological polar surface area (TPSA) is 70.1 Å². The molecule has 0 bridgehead atoms. The highest BCUT2D eigenvalue weighted by Crippen LogP contribution is 2.19. The van der Waals surface area contributed by atoms with Gasteiger partial charge in [-0.15, -0.1) is 0 Å². The molecule has 0 aliphatic carbocycles. The Bertz CT molecular complexity index is 391. The fourth-order valence-electron chi connectivity index (χ4n) is 1.43.